The van der Waals surface area contributed by atoms with Crippen LogP contribution in [0.2, 0.25) is 0 Å². The van der Waals surface area contributed by atoms with Gasteiger partial charge in [-0.1, -0.05) is 13.8 Å². The minimum absolute atomic E-state index is 0.0315. The normalized spacial score (nSPS) is 15.9. The van der Waals surface area contributed by atoms with E-state index in [0.717, 1.165) is 25.9 Å². The van der Waals surface area contributed by atoms with Gasteiger partial charge in [-0.25, -0.2) is 4.79 Å². The molecular weight excluding hydrogens is 284 g/mol. The lowest BCUT2D eigenvalue weighted by Crippen LogP contribution is -2.43. The van der Waals surface area contributed by atoms with Crippen molar-refractivity contribution < 1.29 is 14.0 Å². The topological polar surface area (TPSA) is 79.6 Å². The zero-order valence-electron chi connectivity index (χ0n) is 13.0. The highest BCUT2D eigenvalue weighted by atomic mass is 16.4. The average Bonchev–Trinajstić information content (AvgIpc) is 2.53. The maximum Gasteiger partial charge on any atom is 0.335 e. The van der Waals surface area contributed by atoms with Gasteiger partial charge in [-0.15, -0.1) is 0 Å². The molecule has 0 aromatic carbocycles. The fourth-order valence-electron chi connectivity index (χ4n) is 2.55. The van der Waals surface area contributed by atoms with E-state index in [1.165, 1.54) is 18.4 Å². The summed E-state index contributed by atoms with van der Waals surface area (Å²) in [5.74, 6) is 0.353. The Morgan fingerprint density at radius 1 is 1.32 bits per heavy atom. The lowest BCUT2D eigenvalue weighted by atomic mass is 9.96. The molecule has 0 atom stereocenters. The number of nitrogens with one attached hydrogen (secondary N) is 1. The molecule has 22 heavy (non-hydrogen) atoms. The summed E-state index contributed by atoms with van der Waals surface area (Å²) in [5, 5.41) is 2.85. The predicted molar refractivity (Wildman–Crippen MR) is 81.5 cm³/mol. The Labute approximate surface area is 129 Å². The first kappa shape index (κ1) is 16.3. The van der Waals surface area contributed by atoms with E-state index in [1.807, 2.05) is 18.7 Å². The van der Waals surface area contributed by atoms with E-state index in [9.17, 15) is 14.4 Å². The van der Waals surface area contributed by atoms with E-state index in [0.29, 0.717) is 18.0 Å². The summed E-state index contributed by atoms with van der Waals surface area (Å²) in [7, 11) is 0. The minimum atomic E-state index is -0.473. The van der Waals surface area contributed by atoms with Crippen LogP contribution in [0.15, 0.2) is 27.6 Å². The van der Waals surface area contributed by atoms with Crippen molar-refractivity contribution >= 4 is 11.8 Å². The maximum atomic E-state index is 11.9. The molecule has 6 heteroatoms. The first-order chi connectivity index (χ1) is 10.5. The third-order valence-corrected chi connectivity index (χ3v) is 3.93. The van der Waals surface area contributed by atoms with Gasteiger partial charge in [-0.05, 0) is 24.8 Å². The van der Waals surface area contributed by atoms with E-state index in [4.69, 9.17) is 0 Å². The molecule has 0 bridgehead atoms. The van der Waals surface area contributed by atoms with Crippen LogP contribution in [-0.4, -0.2) is 36.3 Å². The number of nitrogens with zero attached hydrogens (tertiary/aromatic N) is 1. The number of carbonyl (C=O) groups excluding carboxylic acids is 2. The van der Waals surface area contributed by atoms with Gasteiger partial charge in [0.25, 0.3) is 5.91 Å². The third kappa shape index (κ3) is 4.19. The Hall–Kier alpha value is -2.11. The van der Waals surface area contributed by atoms with Crippen LogP contribution in [0, 0.1) is 11.8 Å². The van der Waals surface area contributed by atoms with Gasteiger partial charge in [0.2, 0.25) is 5.91 Å². The molecule has 1 aliphatic heterocycles. The summed E-state index contributed by atoms with van der Waals surface area (Å²) < 4.78 is 4.67. The number of hydrogen-bond acceptors (Lipinski definition) is 4. The lowest BCUT2D eigenvalue weighted by Gasteiger charge is -2.33. The van der Waals surface area contributed by atoms with Crippen LogP contribution in [0.3, 0.4) is 0 Å². The molecule has 120 valence electrons. The van der Waals surface area contributed by atoms with Crippen molar-refractivity contribution in [1.82, 2.24) is 10.2 Å². The average molecular weight is 306 g/mol. The number of carbonyl (C=O) groups is 2. The Morgan fingerprint density at radius 3 is 2.55 bits per heavy atom. The lowest BCUT2D eigenvalue weighted by molar-refractivity contribution is -0.135. The Bertz CT molecular complexity index is 566. The van der Waals surface area contributed by atoms with Gasteiger partial charge in [0.05, 0.1) is 5.56 Å². The molecule has 2 amide bonds. The molecule has 2 heterocycles. The zero-order chi connectivity index (χ0) is 16.1. The Balaban J connectivity index is 1.77. The molecule has 0 unspecified atom stereocenters. The van der Waals surface area contributed by atoms with Crippen molar-refractivity contribution in [3.05, 3.63) is 34.4 Å². The van der Waals surface area contributed by atoms with Crippen molar-refractivity contribution in [3.8, 4) is 0 Å². The molecule has 0 saturated carbocycles. The molecule has 1 N–H and O–H groups in total. The molecular formula is C16H22N2O4. The SMILES string of the molecule is CC(C)C(=O)N1CCC(CNC(=O)c2ccc(=O)oc2)CC1. The van der Waals surface area contributed by atoms with Crippen molar-refractivity contribution in [1.29, 1.82) is 0 Å². The molecule has 0 spiro atoms. The van der Waals surface area contributed by atoms with Crippen molar-refractivity contribution in [3.63, 3.8) is 0 Å². The quantitative estimate of drug-likeness (QED) is 0.908. The highest BCUT2D eigenvalue weighted by Gasteiger charge is 2.24. The predicted octanol–water partition coefficient (Wildman–Crippen LogP) is 1.26. The Kier molecular flexibility index (Phi) is 5.35. The van der Waals surface area contributed by atoms with E-state index >= 15 is 0 Å². The second-order valence-corrected chi connectivity index (χ2v) is 5.98. The summed E-state index contributed by atoms with van der Waals surface area (Å²) in [6, 6.07) is 2.68. The summed E-state index contributed by atoms with van der Waals surface area (Å²) in [4.78, 5) is 36.6. The fraction of sp³-hybridized carbons (Fsp3) is 0.562. The first-order valence-electron chi connectivity index (χ1n) is 7.63. The second-order valence-electron chi connectivity index (χ2n) is 5.98. The summed E-state index contributed by atoms with van der Waals surface area (Å²) in [6.07, 6.45) is 2.95. The van der Waals surface area contributed by atoms with Gasteiger partial charge < -0.3 is 14.6 Å². The molecule has 0 radical (unpaired) electrons. The summed E-state index contributed by atoms with van der Waals surface area (Å²) in [6.45, 7) is 5.89. The molecule has 2 rings (SSSR count). The number of hydrogen-bond donors (Lipinski definition) is 1. The van der Waals surface area contributed by atoms with Crippen LogP contribution >= 0.6 is 0 Å². The van der Waals surface area contributed by atoms with Gasteiger partial charge in [-0.3, -0.25) is 9.59 Å². The van der Waals surface area contributed by atoms with E-state index in [-0.39, 0.29) is 17.7 Å². The number of likely N-dealkylation sites (tertiary alicyclic amines) is 1. The fourth-order valence-corrected chi connectivity index (χ4v) is 2.55. The standard InChI is InChI=1S/C16H22N2O4/c1-11(2)16(21)18-7-5-12(6-8-18)9-17-15(20)13-3-4-14(19)22-10-13/h3-4,10-12H,5-9H2,1-2H3,(H,17,20). The monoisotopic (exact) mass is 306 g/mol. The third-order valence-electron chi connectivity index (χ3n) is 3.93. The van der Waals surface area contributed by atoms with Crippen molar-refractivity contribution in [2.45, 2.75) is 26.7 Å². The summed E-state index contributed by atoms with van der Waals surface area (Å²) >= 11 is 0. The van der Waals surface area contributed by atoms with Crippen LogP contribution in [-0.2, 0) is 4.79 Å². The summed E-state index contributed by atoms with van der Waals surface area (Å²) in [5.41, 5.74) is -0.134. The molecule has 1 aromatic heterocycles. The zero-order valence-corrected chi connectivity index (χ0v) is 13.0. The van der Waals surface area contributed by atoms with E-state index in [2.05, 4.69) is 9.73 Å². The van der Waals surface area contributed by atoms with Gasteiger partial charge in [0.15, 0.2) is 0 Å². The molecule has 1 aliphatic rings. The second kappa shape index (κ2) is 7.24. The van der Waals surface area contributed by atoms with Gasteiger partial charge in [-0.2, -0.15) is 0 Å². The highest BCUT2D eigenvalue weighted by molar-refractivity contribution is 5.93. The smallest absolute Gasteiger partial charge is 0.335 e. The molecule has 1 saturated heterocycles. The van der Waals surface area contributed by atoms with E-state index < -0.39 is 5.63 Å². The number of piperidine rings is 1. The van der Waals surface area contributed by atoms with Crippen LogP contribution in [0.4, 0.5) is 0 Å². The van der Waals surface area contributed by atoms with Crippen molar-refractivity contribution in [2.24, 2.45) is 11.8 Å². The number of amides is 2. The van der Waals surface area contributed by atoms with Crippen LogP contribution < -0.4 is 10.9 Å². The van der Waals surface area contributed by atoms with Gasteiger partial charge in [0, 0.05) is 31.6 Å². The van der Waals surface area contributed by atoms with Crippen molar-refractivity contribution in [2.75, 3.05) is 19.6 Å². The number of rotatable bonds is 4. The first-order valence-corrected chi connectivity index (χ1v) is 7.63. The van der Waals surface area contributed by atoms with E-state index in [1.54, 1.807) is 0 Å². The largest absolute Gasteiger partial charge is 0.430 e. The molecule has 0 aliphatic carbocycles. The molecule has 1 fully saturated rings. The Morgan fingerprint density at radius 2 is 2.00 bits per heavy atom. The molecule has 6 nitrogen and oxygen atoms in total. The van der Waals surface area contributed by atoms with Crippen LogP contribution in [0.1, 0.15) is 37.0 Å². The highest BCUT2D eigenvalue weighted by Crippen LogP contribution is 2.18. The molecule has 1 aromatic rings. The van der Waals surface area contributed by atoms with Gasteiger partial charge >= 0.3 is 5.63 Å². The maximum absolute atomic E-state index is 11.9. The van der Waals surface area contributed by atoms with Crippen LogP contribution in [0.5, 0.6) is 0 Å². The minimum Gasteiger partial charge on any atom is -0.430 e. The van der Waals surface area contributed by atoms with Gasteiger partial charge in [0.1, 0.15) is 6.26 Å². The van der Waals surface area contributed by atoms with Crippen LogP contribution in [0.25, 0.3) is 0 Å².